The molecular formula is C13H23N3O2. The van der Waals surface area contributed by atoms with Gasteiger partial charge in [0.1, 0.15) is 0 Å². The van der Waals surface area contributed by atoms with Gasteiger partial charge in [0, 0.05) is 37.8 Å². The van der Waals surface area contributed by atoms with Gasteiger partial charge in [0.05, 0.1) is 19.3 Å². The minimum Gasteiger partial charge on any atom is -0.378 e. The van der Waals surface area contributed by atoms with Crippen LogP contribution in [0.3, 0.4) is 0 Å². The normalized spacial score (nSPS) is 24.3. The average molecular weight is 253 g/mol. The minimum absolute atomic E-state index is 0.114. The van der Waals surface area contributed by atoms with Crippen LogP contribution in [0, 0.1) is 0 Å². The molecule has 2 N–H and O–H groups in total. The Morgan fingerprint density at radius 2 is 1.89 bits per heavy atom. The molecule has 0 spiro atoms. The summed E-state index contributed by atoms with van der Waals surface area (Å²) < 4.78 is 5.23. The fourth-order valence-corrected chi connectivity index (χ4v) is 2.49. The van der Waals surface area contributed by atoms with Gasteiger partial charge in [-0.15, -0.1) is 0 Å². The number of amides is 1. The number of carbonyl (C=O) groups excluding carboxylic acids is 1. The quantitative estimate of drug-likeness (QED) is 0.706. The van der Waals surface area contributed by atoms with E-state index in [0.717, 1.165) is 39.4 Å². The standard InChI is InChI=1S/C13H23N3O2/c1-13(2,4-3-12(14)17)16-7-5-15(6-8-16)11-9-18-10-11/h3-4,11H,5-10H2,1-2H3,(H2,14,17). The zero-order valence-corrected chi connectivity index (χ0v) is 11.3. The molecule has 0 bridgehead atoms. The fraction of sp³-hybridized carbons (Fsp3) is 0.769. The number of carbonyl (C=O) groups is 1. The van der Waals surface area contributed by atoms with Crippen LogP contribution in [-0.4, -0.2) is 66.7 Å². The van der Waals surface area contributed by atoms with E-state index < -0.39 is 0 Å². The third-order valence-corrected chi connectivity index (χ3v) is 3.92. The maximum atomic E-state index is 10.8. The Kier molecular flexibility index (Phi) is 4.04. The van der Waals surface area contributed by atoms with Crippen molar-refractivity contribution in [3.63, 3.8) is 0 Å². The van der Waals surface area contributed by atoms with Crippen LogP contribution in [0.5, 0.6) is 0 Å². The highest BCUT2D eigenvalue weighted by atomic mass is 16.5. The van der Waals surface area contributed by atoms with Crippen molar-refractivity contribution in [3.8, 4) is 0 Å². The van der Waals surface area contributed by atoms with E-state index in [1.807, 2.05) is 6.08 Å². The van der Waals surface area contributed by atoms with Crippen LogP contribution in [0.25, 0.3) is 0 Å². The highest BCUT2D eigenvalue weighted by molar-refractivity contribution is 5.85. The van der Waals surface area contributed by atoms with Crippen LogP contribution in [0.1, 0.15) is 13.8 Å². The molecule has 5 nitrogen and oxygen atoms in total. The number of nitrogens with zero attached hydrogens (tertiary/aromatic N) is 2. The SMILES string of the molecule is CC(C)(C=CC(N)=O)N1CCN(C2COC2)CC1. The third-order valence-electron chi connectivity index (χ3n) is 3.92. The van der Waals surface area contributed by atoms with Crippen molar-refractivity contribution in [2.45, 2.75) is 25.4 Å². The predicted molar refractivity (Wildman–Crippen MR) is 70.2 cm³/mol. The second-order valence-corrected chi connectivity index (χ2v) is 5.60. The molecule has 18 heavy (non-hydrogen) atoms. The van der Waals surface area contributed by atoms with E-state index in [1.54, 1.807) is 0 Å². The maximum Gasteiger partial charge on any atom is 0.241 e. The highest BCUT2D eigenvalue weighted by Crippen LogP contribution is 2.20. The lowest BCUT2D eigenvalue weighted by Crippen LogP contribution is -2.59. The molecule has 0 radical (unpaired) electrons. The Balaban J connectivity index is 1.85. The molecule has 2 rings (SSSR count). The van der Waals surface area contributed by atoms with Gasteiger partial charge in [0.25, 0.3) is 0 Å². The predicted octanol–water partition coefficient (Wildman–Crippen LogP) is -0.177. The van der Waals surface area contributed by atoms with Gasteiger partial charge in [0.2, 0.25) is 5.91 Å². The van der Waals surface area contributed by atoms with Gasteiger partial charge in [-0.25, -0.2) is 0 Å². The van der Waals surface area contributed by atoms with Crippen LogP contribution in [0.2, 0.25) is 0 Å². The van der Waals surface area contributed by atoms with E-state index in [-0.39, 0.29) is 11.4 Å². The summed E-state index contributed by atoms with van der Waals surface area (Å²) in [7, 11) is 0. The summed E-state index contributed by atoms with van der Waals surface area (Å²) in [6.07, 6.45) is 3.36. The van der Waals surface area contributed by atoms with Gasteiger partial charge in [-0.05, 0) is 13.8 Å². The Labute approximate surface area is 109 Å². The molecular weight excluding hydrogens is 230 g/mol. The minimum atomic E-state index is -0.381. The summed E-state index contributed by atoms with van der Waals surface area (Å²) >= 11 is 0. The van der Waals surface area contributed by atoms with E-state index in [9.17, 15) is 4.79 Å². The highest BCUT2D eigenvalue weighted by Gasteiger charge is 2.32. The lowest BCUT2D eigenvalue weighted by Gasteiger charge is -2.46. The number of hydrogen-bond acceptors (Lipinski definition) is 4. The van der Waals surface area contributed by atoms with E-state index >= 15 is 0 Å². The van der Waals surface area contributed by atoms with E-state index in [4.69, 9.17) is 10.5 Å². The molecule has 0 aromatic heterocycles. The van der Waals surface area contributed by atoms with Crippen LogP contribution in [-0.2, 0) is 9.53 Å². The molecule has 2 saturated heterocycles. The van der Waals surface area contributed by atoms with E-state index in [2.05, 4.69) is 23.6 Å². The topological polar surface area (TPSA) is 58.8 Å². The van der Waals surface area contributed by atoms with Crippen LogP contribution >= 0.6 is 0 Å². The summed E-state index contributed by atoms with van der Waals surface area (Å²) in [6, 6.07) is 0.622. The molecule has 0 saturated carbocycles. The van der Waals surface area contributed by atoms with Crippen molar-refractivity contribution in [1.82, 2.24) is 9.80 Å². The number of hydrogen-bond donors (Lipinski definition) is 1. The smallest absolute Gasteiger partial charge is 0.241 e. The molecule has 2 fully saturated rings. The summed E-state index contributed by atoms with van der Waals surface area (Å²) in [5, 5.41) is 0. The number of piperazine rings is 1. The first-order valence-corrected chi connectivity index (χ1v) is 6.54. The molecule has 0 atom stereocenters. The van der Waals surface area contributed by atoms with Crippen LogP contribution in [0.4, 0.5) is 0 Å². The average Bonchev–Trinajstić information content (AvgIpc) is 2.25. The Hall–Kier alpha value is -0.910. The number of ether oxygens (including phenoxy) is 1. The lowest BCUT2D eigenvalue weighted by atomic mass is 10.00. The number of rotatable bonds is 4. The van der Waals surface area contributed by atoms with Gasteiger partial charge in [-0.2, -0.15) is 0 Å². The first-order valence-electron chi connectivity index (χ1n) is 6.54. The van der Waals surface area contributed by atoms with Gasteiger partial charge in [0.15, 0.2) is 0 Å². The fourth-order valence-electron chi connectivity index (χ4n) is 2.49. The van der Waals surface area contributed by atoms with Gasteiger partial charge in [-0.1, -0.05) is 6.08 Å². The summed E-state index contributed by atoms with van der Waals surface area (Å²) in [6.45, 7) is 10.2. The molecule has 5 heteroatoms. The second-order valence-electron chi connectivity index (χ2n) is 5.60. The van der Waals surface area contributed by atoms with Gasteiger partial charge in [-0.3, -0.25) is 14.6 Å². The monoisotopic (exact) mass is 253 g/mol. The first kappa shape index (κ1) is 13.5. The zero-order valence-electron chi connectivity index (χ0n) is 11.3. The van der Waals surface area contributed by atoms with Crippen molar-refractivity contribution in [1.29, 1.82) is 0 Å². The summed E-state index contributed by atoms with van der Waals surface area (Å²) in [5.74, 6) is -0.381. The van der Waals surface area contributed by atoms with E-state index in [0.29, 0.717) is 6.04 Å². The Morgan fingerprint density at radius 1 is 1.28 bits per heavy atom. The van der Waals surface area contributed by atoms with Crippen molar-refractivity contribution in [3.05, 3.63) is 12.2 Å². The molecule has 0 aromatic rings. The number of nitrogens with two attached hydrogens (primary N) is 1. The first-order chi connectivity index (χ1) is 8.49. The van der Waals surface area contributed by atoms with Crippen LogP contribution in [0.15, 0.2) is 12.2 Å². The summed E-state index contributed by atoms with van der Waals surface area (Å²) in [5.41, 5.74) is 5.04. The van der Waals surface area contributed by atoms with Crippen LogP contribution < -0.4 is 5.73 Å². The molecule has 0 aliphatic carbocycles. The lowest BCUT2D eigenvalue weighted by molar-refractivity contribution is -0.113. The van der Waals surface area contributed by atoms with Crippen molar-refractivity contribution >= 4 is 5.91 Å². The van der Waals surface area contributed by atoms with Crippen molar-refractivity contribution < 1.29 is 9.53 Å². The number of primary amides is 1. The molecule has 2 heterocycles. The molecule has 2 aliphatic heterocycles. The van der Waals surface area contributed by atoms with Gasteiger partial charge < -0.3 is 10.5 Å². The Morgan fingerprint density at radius 3 is 2.33 bits per heavy atom. The maximum absolute atomic E-state index is 10.8. The molecule has 2 aliphatic rings. The van der Waals surface area contributed by atoms with Crippen molar-refractivity contribution in [2.75, 3.05) is 39.4 Å². The molecule has 0 unspecified atom stereocenters. The molecule has 0 aromatic carbocycles. The second kappa shape index (κ2) is 5.38. The Bertz CT molecular complexity index is 329. The zero-order chi connectivity index (χ0) is 13.2. The molecule has 102 valence electrons. The third kappa shape index (κ3) is 3.10. The van der Waals surface area contributed by atoms with Crippen molar-refractivity contribution in [2.24, 2.45) is 5.73 Å². The summed E-state index contributed by atoms with van der Waals surface area (Å²) in [4.78, 5) is 15.7. The van der Waals surface area contributed by atoms with Gasteiger partial charge >= 0.3 is 0 Å². The largest absolute Gasteiger partial charge is 0.378 e. The molecule has 1 amide bonds. The van der Waals surface area contributed by atoms with E-state index in [1.165, 1.54) is 6.08 Å².